The summed E-state index contributed by atoms with van der Waals surface area (Å²) in [6, 6.07) is 0. The summed E-state index contributed by atoms with van der Waals surface area (Å²) in [6.45, 7) is 6.57. The standard InChI is InChI=1S/C23H38O4/c1-4-18-21-14-11-15(16(12-14)22(21)19(5-2)26-18)17(24)13-20(25)27-23(6-3)9-7-8-10-23/h14-19,21-22,24H,4-13H2,1-3H3. The molecule has 4 heteroatoms. The van der Waals surface area contributed by atoms with Gasteiger partial charge in [0.15, 0.2) is 0 Å². The third-order valence-corrected chi connectivity index (χ3v) is 8.56. The number of aliphatic hydroxyl groups is 1. The Bertz CT molecular complexity index is 540. The van der Waals surface area contributed by atoms with Gasteiger partial charge in [0.25, 0.3) is 0 Å². The second-order valence-electron chi connectivity index (χ2n) is 9.73. The molecule has 3 saturated carbocycles. The molecule has 1 aliphatic heterocycles. The smallest absolute Gasteiger partial charge is 0.308 e. The number of rotatable bonds is 7. The second kappa shape index (κ2) is 7.67. The number of esters is 1. The van der Waals surface area contributed by atoms with E-state index in [1.165, 1.54) is 6.42 Å². The molecule has 3 aliphatic carbocycles. The highest BCUT2D eigenvalue weighted by atomic mass is 16.6. The highest BCUT2D eigenvalue weighted by molar-refractivity contribution is 5.70. The lowest BCUT2D eigenvalue weighted by atomic mass is 9.69. The largest absolute Gasteiger partial charge is 0.459 e. The van der Waals surface area contributed by atoms with E-state index in [9.17, 15) is 9.90 Å². The van der Waals surface area contributed by atoms with Crippen LogP contribution in [-0.4, -0.2) is 35.0 Å². The molecule has 1 saturated heterocycles. The molecule has 27 heavy (non-hydrogen) atoms. The van der Waals surface area contributed by atoms with Crippen LogP contribution in [0.4, 0.5) is 0 Å². The Labute approximate surface area is 164 Å². The molecule has 0 aromatic heterocycles. The molecular formula is C23H38O4. The van der Waals surface area contributed by atoms with Gasteiger partial charge in [0.05, 0.1) is 24.7 Å². The molecule has 154 valence electrons. The van der Waals surface area contributed by atoms with Gasteiger partial charge in [0, 0.05) is 0 Å². The quantitative estimate of drug-likeness (QED) is 0.664. The molecule has 2 bridgehead atoms. The number of fused-ring (bicyclic) bond motifs is 5. The summed E-state index contributed by atoms with van der Waals surface area (Å²) in [6.07, 6.45) is 9.97. The van der Waals surface area contributed by atoms with Crippen LogP contribution >= 0.6 is 0 Å². The Kier molecular flexibility index (Phi) is 5.59. The van der Waals surface area contributed by atoms with Crippen LogP contribution in [0.25, 0.3) is 0 Å². The zero-order chi connectivity index (χ0) is 19.2. The highest BCUT2D eigenvalue weighted by Crippen LogP contribution is 2.62. The first-order chi connectivity index (χ1) is 13.0. The van der Waals surface area contributed by atoms with E-state index >= 15 is 0 Å². The molecule has 0 amide bonds. The van der Waals surface area contributed by atoms with Crippen LogP contribution in [0.5, 0.6) is 0 Å². The van der Waals surface area contributed by atoms with Crippen LogP contribution in [0.15, 0.2) is 0 Å². The predicted octanol–water partition coefficient (Wildman–Crippen LogP) is 4.48. The minimum atomic E-state index is -0.554. The molecule has 0 aromatic rings. The molecular weight excluding hydrogens is 340 g/mol. The maximum Gasteiger partial charge on any atom is 0.308 e. The third-order valence-electron chi connectivity index (χ3n) is 8.56. The molecule has 4 aliphatic rings. The van der Waals surface area contributed by atoms with Crippen LogP contribution in [0, 0.1) is 29.6 Å². The zero-order valence-corrected chi connectivity index (χ0v) is 17.4. The lowest BCUT2D eigenvalue weighted by Crippen LogP contribution is -2.39. The Morgan fingerprint density at radius 2 is 1.78 bits per heavy atom. The first-order valence-corrected chi connectivity index (χ1v) is 11.6. The van der Waals surface area contributed by atoms with Crippen molar-refractivity contribution in [2.45, 2.75) is 109 Å². The van der Waals surface area contributed by atoms with Crippen LogP contribution in [0.3, 0.4) is 0 Å². The van der Waals surface area contributed by atoms with Gasteiger partial charge in [-0.2, -0.15) is 0 Å². The highest BCUT2D eigenvalue weighted by Gasteiger charge is 2.61. The monoisotopic (exact) mass is 378 g/mol. The van der Waals surface area contributed by atoms with Gasteiger partial charge in [-0.3, -0.25) is 4.79 Å². The Balaban J connectivity index is 1.38. The second-order valence-corrected chi connectivity index (χ2v) is 9.73. The van der Waals surface area contributed by atoms with Crippen LogP contribution in [0.2, 0.25) is 0 Å². The molecule has 1 N–H and O–H groups in total. The minimum Gasteiger partial charge on any atom is -0.459 e. The number of carbonyl (C=O) groups excluding carboxylic acids is 1. The number of ether oxygens (including phenoxy) is 2. The summed E-state index contributed by atoms with van der Waals surface area (Å²) in [5, 5.41) is 10.9. The van der Waals surface area contributed by atoms with Crippen molar-refractivity contribution in [3.8, 4) is 0 Å². The normalized spacial score (nSPS) is 43.0. The number of hydrogen-bond donors (Lipinski definition) is 1. The van der Waals surface area contributed by atoms with Crippen molar-refractivity contribution in [3.63, 3.8) is 0 Å². The van der Waals surface area contributed by atoms with Gasteiger partial charge in [0.1, 0.15) is 5.60 Å². The first-order valence-electron chi connectivity index (χ1n) is 11.6. The zero-order valence-electron chi connectivity index (χ0n) is 17.4. The van der Waals surface area contributed by atoms with E-state index in [1.54, 1.807) is 0 Å². The van der Waals surface area contributed by atoms with Gasteiger partial charge >= 0.3 is 5.97 Å². The summed E-state index contributed by atoms with van der Waals surface area (Å²) in [5.74, 6) is 2.53. The first kappa shape index (κ1) is 19.7. The lowest BCUT2D eigenvalue weighted by Gasteiger charge is -2.36. The van der Waals surface area contributed by atoms with Crippen LogP contribution in [-0.2, 0) is 14.3 Å². The van der Waals surface area contributed by atoms with Crippen molar-refractivity contribution in [2.75, 3.05) is 0 Å². The molecule has 4 nitrogen and oxygen atoms in total. The third kappa shape index (κ3) is 3.35. The molecule has 1 heterocycles. The van der Waals surface area contributed by atoms with Gasteiger partial charge in [0.2, 0.25) is 0 Å². The van der Waals surface area contributed by atoms with Crippen molar-refractivity contribution in [2.24, 2.45) is 29.6 Å². The van der Waals surface area contributed by atoms with Crippen molar-refractivity contribution in [3.05, 3.63) is 0 Å². The fraction of sp³-hybridized carbons (Fsp3) is 0.957. The average molecular weight is 379 g/mol. The van der Waals surface area contributed by atoms with Crippen LogP contribution in [0.1, 0.15) is 85.0 Å². The number of carbonyl (C=O) groups is 1. The van der Waals surface area contributed by atoms with Gasteiger partial charge in [-0.25, -0.2) is 0 Å². The Morgan fingerprint density at radius 3 is 2.41 bits per heavy atom. The van der Waals surface area contributed by atoms with Crippen molar-refractivity contribution >= 4 is 5.97 Å². The fourth-order valence-corrected chi connectivity index (χ4v) is 7.31. The summed E-state index contributed by atoms with van der Waals surface area (Å²) in [5.41, 5.74) is -0.252. The Morgan fingerprint density at radius 1 is 1.11 bits per heavy atom. The van der Waals surface area contributed by atoms with E-state index in [-0.39, 0.29) is 23.9 Å². The topological polar surface area (TPSA) is 55.8 Å². The molecule has 4 rings (SSSR count). The van der Waals surface area contributed by atoms with E-state index in [4.69, 9.17) is 9.47 Å². The maximum atomic E-state index is 12.6. The molecule has 8 atom stereocenters. The summed E-state index contributed by atoms with van der Waals surface area (Å²) in [7, 11) is 0. The maximum absolute atomic E-state index is 12.6. The molecule has 0 radical (unpaired) electrons. The number of hydrogen-bond acceptors (Lipinski definition) is 4. The predicted molar refractivity (Wildman–Crippen MR) is 104 cm³/mol. The van der Waals surface area contributed by atoms with E-state index in [0.717, 1.165) is 51.4 Å². The summed E-state index contributed by atoms with van der Waals surface area (Å²) >= 11 is 0. The average Bonchev–Trinajstić information content (AvgIpc) is 3.42. The van der Waals surface area contributed by atoms with Crippen LogP contribution < -0.4 is 0 Å². The van der Waals surface area contributed by atoms with Crippen molar-refractivity contribution < 1.29 is 19.4 Å². The van der Waals surface area contributed by atoms with Gasteiger partial charge in [-0.1, -0.05) is 20.8 Å². The van der Waals surface area contributed by atoms with E-state index < -0.39 is 6.10 Å². The van der Waals surface area contributed by atoms with E-state index in [0.29, 0.717) is 35.9 Å². The molecule has 4 fully saturated rings. The SMILES string of the molecule is CCC1OC(CC)C2C3CC(CC3C(O)CC(=O)OC3(CC)CCCC3)C12. The Hall–Kier alpha value is -0.610. The van der Waals surface area contributed by atoms with Gasteiger partial charge in [-0.05, 0) is 87.4 Å². The minimum absolute atomic E-state index is 0.169. The van der Waals surface area contributed by atoms with Gasteiger partial charge < -0.3 is 14.6 Å². The summed E-state index contributed by atoms with van der Waals surface area (Å²) < 4.78 is 12.3. The van der Waals surface area contributed by atoms with E-state index in [2.05, 4.69) is 20.8 Å². The van der Waals surface area contributed by atoms with E-state index in [1.807, 2.05) is 0 Å². The lowest BCUT2D eigenvalue weighted by molar-refractivity contribution is -0.163. The summed E-state index contributed by atoms with van der Waals surface area (Å²) in [4.78, 5) is 12.6. The fourth-order valence-electron chi connectivity index (χ4n) is 7.31. The van der Waals surface area contributed by atoms with Crippen molar-refractivity contribution in [1.29, 1.82) is 0 Å². The number of aliphatic hydroxyl groups excluding tert-OH is 1. The van der Waals surface area contributed by atoms with Gasteiger partial charge in [-0.15, -0.1) is 0 Å². The molecule has 0 aromatic carbocycles. The molecule has 0 spiro atoms. The molecule has 8 unspecified atom stereocenters. The van der Waals surface area contributed by atoms with Crippen molar-refractivity contribution in [1.82, 2.24) is 0 Å².